The maximum absolute atomic E-state index is 11.5. The molecule has 3 heterocycles. The number of amides is 1. The van der Waals surface area contributed by atoms with Crippen molar-refractivity contribution in [3.05, 3.63) is 42.1 Å². The summed E-state index contributed by atoms with van der Waals surface area (Å²) in [5.74, 6) is 0.526. The lowest BCUT2D eigenvalue weighted by Crippen LogP contribution is -2.39. The average molecular weight is 326 g/mol. The first-order valence-electron chi connectivity index (χ1n) is 8.23. The molecule has 3 rings (SSSR count). The lowest BCUT2D eigenvalue weighted by Gasteiger charge is -2.33. The number of hydrogen-bond donors (Lipinski definition) is 2. The van der Waals surface area contributed by atoms with E-state index in [2.05, 4.69) is 38.2 Å². The highest BCUT2D eigenvalue weighted by molar-refractivity contribution is 5.98. The number of aryl methyl sites for hydroxylation is 1. The number of aromatic nitrogens is 3. The molecule has 1 aliphatic rings. The normalized spacial score (nSPS) is 15.3. The second-order valence-corrected chi connectivity index (χ2v) is 5.91. The van der Waals surface area contributed by atoms with Gasteiger partial charge in [0.05, 0.1) is 11.3 Å². The molecule has 24 heavy (non-hydrogen) atoms. The van der Waals surface area contributed by atoms with E-state index in [1.165, 1.54) is 6.20 Å². The van der Waals surface area contributed by atoms with Crippen molar-refractivity contribution in [1.82, 2.24) is 15.0 Å². The lowest BCUT2D eigenvalue weighted by atomic mass is 10.0. The number of anilines is 2. The molecule has 0 atom stereocenters. The number of carbonyl (C=O) groups excluding carboxylic acids is 1. The van der Waals surface area contributed by atoms with E-state index in [1.54, 1.807) is 18.6 Å². The van der Waals surface area contributed by atoms with Gasteiger partial charge in [0, 0.05) is 43.3 Å². The fourth-order valence-corrected chi connectivity index (χ4v) is 2.94. The molecule has 126 valence electrons. The van der Waals surface area contributed by atoms with Gasteiger partial charge in [-0.3, -0.25) is 9.78 Å². The number of piperidine rings is 1. The van der Waals surface area contributed by atoms with Crippen LogP contribution in [0.25, 0.3) is 0 Å². The predicted molar refractivity (Wildman–Crippen MR) is 93.0 cm³/mol. The van der Waals surface area contributed by atoms with Crippen molar-refractivity contribution in [1.29, 1.82) is 0 Å². The molecule has 1 saturated heterocycles. The van der Waals surface area contributed by atoms with Gasteiger partial charge in [-0.1, -0.05) is 6.92 Å². The number of hydrogen-bond acceptors (Lipinski definition) is 6. The number of primary amides is 1. The Morgan fingerprint density at radius 2 is 2.17 bits per heavy atom. The predicted octanol–water partition coefficient (Wildman–Crippen LogP) is 1.61. The molecule has 0 aliphatic carbocycles. The van der Waals surface area contributed by atoms with Crippen LogP contribution in [0.1, 0.15) is 35.8 Å². The van der Waals surface area contributed by atoms with Crippen molar-refractivity contribution in [3.63, 3.8) is 0 Å². The molecular formula is C17H22N6O. The van der Waals surface area contributed by atoms with Crippen molar-refractivity contribution >= 4 is 17.4 Å². The summed E-state index contributed by atoms with van der Waals surface area (Å²) >= 11 is 0. The van der Waals surface area contributed by atoms with Gasteiger partial charge in [0.1, 0.15) is 12.1 Å². The zero-order valence-corrected chi connectivity index (χ0v) is 13.8. The third kappa shape index (κ3) is 3.61. The van der Waals surface area contributed by atoms with Gasteiger partial charge in [0.2, 0.25) is 0 Å². The van der Waals surface area contributed by atoms with Crippen molar-refractivity contribution in [2.45, 2.75) is 32.2 Å². The molecule has 1 amide bonds. The van der Waals surface area contributed by atoms with Gasteiger partial charge < -0.3 is 16.0 Å². The van der Waals surface area contributed by atoms with Crippen LogP contribution in [0.4, 0.5) is 11.5 Å². The minimum absolute atomic E-state index is 0.300. The molecular weight excluding hydrogens is 304 g/mol. The number of carbonyl (C=O) groups is 1. The second kappa shape index (κ2) is 7.25. The molecule has 2 aromatic rings. The first-order chi connectivity index (χ1) is 11.7. The van der Waals surface area contributed by atoms with E-state index in [-0.39, 0.29) is 0 Å². The van der Waals surface area contributed by atoms with Crippen LogP contribution in [0, 0.1) is 0 Å². The van der Waals surface area contributed by atoms with Gasteiger partial charge in [-0.2, -0.15) is 0 Å². The molecule has 0 unspecified atom stereocenters. The number of rotatable bonds is 5. The van der Waals surface area contributed by atoms with E-state index in [4.69, 9.17) is 5.73 Å². The molecule has 0 aromatic carbocycles. The molecule has 3 N–H and O–H groups in total. The average Bonchev–Trinajstić information content (AvgIpc) is 2.62. The maximum atomic E-state index is 11.5. The summed E-state index contributed by atoms with van der Waals surface area (Å²) in [7, 11) is 0. The Morgan fingerprint density at radius 1 is 1.38 bits per heavy atom. The van der Waals surface area contributed by atoms with E-state index in [9.17, 15) is 4.79 Å². The number of pyridine rings is 1. The summed E-state index contributed by atoms with van der Waals surface area (Å²) < 4.78 is 0. The minimum atomic E-state index is -0.462. The van der Waals surface area contributed by atoms with Crippen molar-refractivity contribution in [3.8, 4) is 0 Å². The molecule has 0 saturated carbocycles. The third-order valence-corrected chi connectivity index (χ3v) is 4.34. The van der Waals surface area contributed by atoms with Crippen LogP contribution in [0.15, 0.2) is 30.9 Å². The van der Waals surface area contributed by atoms with Crippen LogP contribution in [0.2, 0.25) is 0 Å². The van der Waals surface area contributed by atoms with Gasteiger partial charge in [-0.05, 0) is 25.3 Å². The third-order valence-electron chi connectivity index (χ3n) is 4.34. The summed E-state index contributed by atoms with van der Waals surface area (Å²) in [5.41, 5.74) is 7.65. The van der Waals surface area contributed by atoms with E-state index >= 15 is 0 Å². The quantitative estimate of drug-likeness (QED) is 0.866. The van der Waals surface area contributed by atoms with E-state index in [0.717, 1.165) is 49.6 Å². The smallest absolute Gasteiger partial charge is 0.252 e. The first-order valence-corrected chi connectivity index (χ1v) is 8.23. The zero-order chi connectivity index (χ0) is 16.9. The zero-order valence-electron chi connectivity index (χ0n) is 13.8. The van der Waals surface area contributed by atoms with Gasteiger partial charge in [-0.25, -0.2) is 9.97 Å². The van der Waals surface area contributed by atoms with E-state index < -0.39 is 5.91 Å². The highest BCUT2D eigenvalue weighted by Gasteiger charge is 2.21. The van der Waals surface area contributed by atoms with Crippen LogP contribution in [-0.2, 0) is 6.42 Å². The van der Waals surface area contributed by atoms with E-state index in [0.29, 0.717) is 11.6 Å². The topological polar surface area (TPSA) is 97.0 Å². The molecule has 0 spiro atoms. The first kappa shape index (κ1) is 16.2. The SMILES string of the molecule is CCc1cc(N2CCC(Nc3ccncc3C(N)=O)CC2)ncn1. The molecule has 1 fully saturated rings. The van der Waals surface area contributed by atoms with Crippen LogP contribution in [-0.4, -0.2) is 40.0 Å². The van der Waals surface area contributed by atoms with Gasteiger partial charge in [-0.15, -0.1) is 0 Å². The monoisotopic (exact) mass is 326 g/mol. The fraction of sp³-hybridized carbons (Fsp3) is 0.412. The maximum Gasteiger partial charge on any atom is 0.252 e. The van der Waals surface area contributed by atoms with Crippen LogP contribution >= 0.6 is 0 Å². The van der Waals surface area contributed by atoms with Crippen LogP contribution in [0.3, 0.4) is 0 Å². The Morgan fingerprint density at radius 3 is 2.88 bits per heavy atom. The largest absolute Gasteiger partial charge is 0.381 e. The highest BCUT2D eigenvalue weighted by atomic mass is 16.1. The fourth-order valence-electron chi connectivity index (χ4n) is 2.94. The van der Waals surface area contributed by atoms with Gasteiger partial charge >= 0.3 is 0 Å². The lowest BCUT2D eigenvalue weighted by molar-refractivity contribution is 0.100. The summed E-state index contributed by atoms with van der Waals surface area (Å²) in [6.07, 6.45) is 7.64. The minimum Gasteiger partial charge on any atom is -0.381 e. The number of nitrogens with one attached hydrogen (secondary N) is 1. The standard InChI is InChI=1S/C17H22N6O/c1-2-12-9-16(21-11-20-12)23-7-4-13(5-8-23)22-15-3-6-19-10-14(15)17(18)24/h3,6,9-11,13H,2,4-5,7-8H2,1H3,(H2,18,24)(H,19,22). The van der Waals surface area contributed by atoms with Crippen molar-refractivity contribution in [2.75, 3.05) is 23.3 Å². The molecule has 7 nitrogen and oxygen atoms in total. The Kier molecular flexibility index (Phi) is 4.88. The molecule has 1 aliphatic heterocycles. The van der Waals surface area contributed by atoms with Gasteiger partial charge in [0.25, 0.3) is 5.91 Å². The second-order valence-electron chi connectivity index (χ2n) is 5.91. The van der Waals surface area contributed by atoms with Crippen molar-refractivity contribution < 1.29 is 4.79 Å². The Hall–Kier alpha value is -2.70. The number of nitrogens with two attached hydrogens (primary N) is 1. The van der Waals surface area contributed by atoms with Crippen molar-refractivity contribution in [2.24, 2.45) is 5.73 Å². The highest BCUT2D eigenvalue weighted by Crippen LogP contribution is 2.22. The molecule has 0 bridgehead atoms. The summed E-state index contributed by atoms with van der Waals surface area (Å²) in [6, 6.07) is 4.15. The van der Waals surface area contributed by atoms with Crippen LogP contribution in [0.5, 0.6) is 0 Å². The summed E-state index contributed by atoms with van der Waals surface area (Å²) in [6.45, 7) is 3.91. The van der Waals surface area contributed by atoms with Gasteiger partial charge in [0.15, 0.2) is 0 Å². The summed E-state index contributed by atoms with van der Waals surface area (Å²) in [5, 5.41) is 3.43. The van der Waals surface area contributed by atoms with E-state index in [1.807, 2.05) is 0 Å². The molecule has 0 radical (unpaired) electrons. The van der Waals surface area contributed by atoms with Crippen LogP contribution < -0.4 is 16.0 Å². The Labute approximate surface area is 141 Å². The Balaban J connectivity index is 1.62. The molecule has 2 aromatic heterocycles. The summed E-state index contributed by atoms with van der Waals surface area (Å²) in [4.78, 5) is 26.4. The number of nitrogens with zero attached hydrogens (tertiary/aromatic N) is 4. The molecule has 7 heteroatoms. The Bertz CT molecular complexity index is 712.